The lowest BCUT2D eigenvalue weighted by Gasteiger charge is -2.39. The van der Waals surface area contributed by atoms with Crippen LogP contribution in [-0.4, -0.2) is 43.1 Å². The van der Waals surface area contributed by atoms with Gasteiger partial charge in [0, 0.05) is 37.2 Å². The zero-order valence-corrected chi connectivity index (χ0v) is 15.0. The van der Waals surface area contributed by atoms with Gasteiger partial charge in [-0.2, -0.15) is 0 Å². The number of carbonyl (C=O) groups excluding carboxylic acids is 1. The van der Waals surface area contributed by atoms with Crippen LogP contribution in [0.2, 0.25) is 0 Å². The van der Waals surface area contributed by atoms with Crippen molar-refractivity contribution in [3.05, 3.63) is 35.4 Å². The first kappa shape index (κ1) is 16.6. The number of hydrogen-bond donors (Lipinski definition) is 1. The Morgan fingerprint density at radius 2 is 2.12 bits per heavy atom. The van der Waals surface area contributed by atoms with Crippen molar-refractivity contribution in [2.45, 2.75) is 38.6 Å². The van der Waals surface area contributed by atoms with Crippen molar-refractivity contribution < 1.29 is 9.53 Å². The zero-order valence-electron chi connectivity index (χ0n) is 15.0. The van der Waals surface area contributed by atoms with Crippen LogP contribution in [0.1, 0.15) is 38.2 Å². The molecular formula is C21H28N2O2. The highest BCUT2D eigenvalue weighted by Gasteiger charge is 2.37. The molecule has 2 fully saturated rings. The van der Waals surface area contributed by atoms with Crippen LogP contribution in [0.25, 0.3) is 6.08 Å². The Morgan fingerprint density at radius 3 is 2.92 bits per heavy atom. The maximum atomic E-state index is 12.3. The summed E-state index contributed by atoms with van der Waals surface area (Å²) in [6.07, 6.45) is 6.62. The largest absolute Gasteiger partial charge is 0.489 e. The van der Waals surface area contributed by atoms with E-state index in [9.17, 15) is 4.79 Å². The van der Waals surface area contributed by atoms with Gasteiger partial charge in [-0.1, -0.05) is 31.5 Å². The minimum Gasteiger partial charge on any atom is -0.489 e. The standard InChI is InChI=1S/C21H28N2O2/c1-2-16-13-23(21(24)17-7-8-17)10-9-19(16)22-12-15-11-18-5-3-4-6-20(18)25-14-15/h3-6,11,16-17,19,22H,2,7-10,12-14H2,1H3/t16-,19-/m1/s1. The first-order chi connectivity index (χ1) is 12.2. The average Bonchev–Trinajstić information content (AvgIpc) is 3.50. The molecule has 0 spiro atoms. The van der Waals surface area contributed by atoms with Crippen LogP contribution in [0.3, 0.4) is 0 Å². The minimum atomic E-state index is 0.339. The molecule has 1 aromatic carbocycles. The number of likely N-dealkylation sites (tertiary alicyclic amines) is 1. The number of carbonyl (C=O) groups is 1. The number of amides is 1. The lowest BCUT2D eigenvalue weighted by atomic mass is 9.89. The first-order valence-electron chi connectivity index (χ1n) is 9.68. The second kappa shape index (κ2) is 7.20. The second-order valence-electron chi connectivity index (χ2n) is 7.63. The molecule has 3 aliphatic rings. The molecule has 0 radical (unpaired) electrons. The number of nitrogens with one attached hydrogen (secondary N) is 1. The van der Waals surface area contributed by atoms with Crippen LogP contribution in [0.4, 0.5) is 0 Å². The predicted molar refractivity (Wildman–Crippen MR) is 99.4 cm³/mol. The minimum absolute atomic E-state index is 0.339. The van der Waals surface area contributed by atoms with E-state index in [0.29, 0.717) is 30.4 Å². The normalized spacial score (nSPS) is 25.8. The van der Waals surface area contributed by atoms with Gasteiger partial charge in [-0.25, -0.2) is 0 Å². The summed E-state index contributed by atoms with van der Waals surface area (Å²) >= 11 is 0. The van der Waals surface area contributed by atoms with Crippen LogP contribution in [0.5, 0.6) is 5.75 Å². The molecule has 1 aliphatic carbocycles. The second-order valence-corrected chi connectivity index (χ2v) is 7.63. The smallest absolute Gasteiger partial charge is 0.225 e. The van der Waals surface area contributed by atoms with Crippen molar-refractivity contribution >= 4 is 12.0 Å². The van der Waals surface area contributed by atoms with E-state index in [4.69, 9.17) is 4.74 Å². The summed E-state index contributed by atoms with van der Waals surface area (Å²) < 4.78 is 5.85. The molecule has 25 heavy (non-hydrogen) atoms. The third kappa shape index (κ3) is 3.74. The highest BCUT2D eigenvalue weighted by atomic mass is 16.5. The van der Waals surface area contributed by atoms with Crippen molar-refractivity contribution in [1.29, 1.82) is 0 Å². The zero-order chi connectivity index (χ0) is 17.2. The van der Waals surface area contributed by atoms with Crippen molar-refractivity contribution in [1.82, 2.24) is 10.2 Å². The van der Waals surface area contributed by atoms with Gasteiger partial charge in [0.25, 0.3) is 0 Å². The van der Waals surface area contributed by atoms with Crippen LogP contribution < -0.4 is 10.1 Å². The summed E-state index contributed by atoms with van der Waals surface area (Å²) in [4.78, 5) is 14.4. The van der Waals surface area contributed by atoms with E-state index in [2.05, 4.69) is 35.3 Å². The highest BCUT2D eigenvalue weighted by Crippen LogP contribution is 2.33. The molecule has 4 heteroatoms. The van der Waals surface area contributed by atoms with Crippen LogP contribution >= 0.6 is 0 Å². The number of nitrogens with zero attached hydrogens (tertiary/aromatic N) is 1. The molecule has 1 N–H and O–H groups in total. The molecule has 1 amide bonds. The third-order valence-corrected chi connectivity index (χ3v) is 5.78. The van der Waals surface area contributed by atoms with Gasteiger partial charge in [-0.3, -0.25) is 4.79 Å². The van der Waals surface area contributed by atoms with Gasteiger partial charge in [0.05, 0.1) is 0 Å². The Morgan fingerprint density at radius 1 is 1.28 bits per heavy atom. The van der Waals surface area contributed by atoms with Crippen molar-refractivity contribution in [2.75, 3.05) is 26.2 Å². The molecule has 0 aromatic heterocycles. The number of rotatable bonds is 5. The van der Waals surface area contributed by atoms with Gasteiger partial charge < -0.3 is 15.0 Å². The molecule has 2 atom stereocenters. The molecule has 4 nitrogen and oxygen atoms in total. The molecule has 1 aromatic rings. The van der Waals surface area contributed by atoms with Gasteiger partial charge in [-0.15, -0.1) is 0 Å². The van der Waals surface area contributed by atoms with Gasteiger partial charge in [0.2, 0.25) is 5.91 Å². The number of piperidine rings is 1. The van der Waals surface area contributed by atoms with Crippen molar-refractivity contribution in [3.8, 4) is 5.75 Å². The fraction of sp³-hybridized carbons (Fsp3) is 0.571. The van der Waals surface area contributed by atoms with Crippen LogP contribution in [-0.2, 0) is 4.79 Å². The van der Waals surface area contributed by atoms with Crippen LogP contribution in [0, 0.1) is 11.8 Å². The lowest BCUT2D eigenvalue weighted by Crippen LogP contribution is -2.51. The van der Waals surface area contributed by atoms with Crippen molar-refractivity contribution in [3.63, 3.8) is 0 Å². The molecule has 0 bridgehead atoms. The van der Waals surface area contributed by atoms with E-state index in [1.54, 1.807) is 0 Å². The summed E-state index contributed by atoms with van der Waals surface area (Å²) in [5.41, 5.74) is 2.47. The fourth-order valence-electron chi connectivity index (χ4n) is 4.03. The summed E-state index contributed by atoms with van der Waals surface area (Å²) in [7, 11) is 0. The fourth-order valence-corrected chi connectivity index (χ4v) is 4.03. The third-order valence-electron chi connectivity index (χ3n) is 5.78. The number of hydrogen-bond acceptors (Lipinski definition) is 3. The van der Waals surface area contributed by atoms with E-state index in [1.165, 1.54) is 11.1 Å². The average molecular weight is 340 g/mol. The highest BCUT2D eigenvalue weighted by molar-refractivity contribution is 5.81. The summed E-state index contributed by atoms with van der Waals surface area (Å²) in [6, 6.07) is 8.68. The molecule has 2 aliphatic heterocycles. The SMILES string of the molecule is CC[C@@H]1CN(C(=O)C2CC2)CC[C@H]1NCC1=Cc2ccccc2OC1. The van der Waals surface area contributed by atoms with Crippen LogP contribution in [0.15, 0.2) is 29.8 Å². The Labute approximate surface area is 150 Å². The maximum absolute atomic E-state index is 12.3. The number of para-hydroxylation sites is 1. The van der Waals surface area contributed by atoms with E-state index in [-0.39, 0.29) is 0 Å². The topological polar surface area (TPSA) is 41.6 Å². The number of ether oxygens (including phenoxy) is 1. The molecule has 2 heterocycles. The molecule has 0 unspecified atom stereocenters. The van der Waals surface area contributed by atoms with E-state index >= 15 is 0 Å². The quantitative estimate of drug-likeness (QED) is 0.895. The number of fused-ring (bicyclic) bond motifs is 1. The molecule has 4 rings (SSSR count). The van der Waals surface area contributed by atoms with Gasteiger partial charge in [0.15, 0.2) is 0 Å². The van der Waals surface area contributed by atoms with Gasteiger partial charge in [-0.05, 0) is 42.9 Å². The molecular weight excluding hydrogens is 312 g/mol. The Kier molecular flexibility index (Phi) is 4.80. The monoisotopic (exact) mass is 340 g/mol. The lowest BCUT2D eigenvalue weighted by molar-refractivity contribution is -0.134. The van der Waals surface area contributed by atoms with Gasteiger partial charge >= 0.3 is 0 Å². The van der Waals surface area contributed by atoms with Crippen molar-refractivity contribution in [2.24, 2.45) is 11.8 Å². The summed E-state index contributed by atoms with van der Waals surface area (Å²) in [5.74, 6) is 2.27. The molecule has 1 saturated heterocycles. The predicted octanol–water partition coefficient (Wildman–Crippen LogP) is 3.09. The van der Waals surface area contributed by atoms with E-state index < -0.39 is 0 Å². The first-order valence-corrected chi connectivity index (χ1v) is 9.68. The van der Waals surface area contributed by atoms with Gasteiger partial charge in [0.1, 0.15) is 12.4 Å². The molecule has 1 saturated carbocycles. The summed E-state index contributed by atoms with van der Waals surface area (Å²) in [5, 5.41) is 3.74. The number of benzene rings is 1. The maximum Gasteiger partial charge on any atom is 0.225 e. The Balaban J connectivity index is 1.33. The summed E-state index contributed by atoms with van der Waals surface area (Å²) in [6.45, 7) is 5.60. The molecule has 134 valence electrons. The Hall–Kier alpha value is -1.81. The Bertz CT molecular complexity index is 666. The van der Waals surface area contributed by atoms with E-state index in [0.717, 1.165) is 51.1 Å². The van der Waals surface area contributed by atoms with E-state index in [1.807, 2.05) is 12.1 Å².